The molecule has 1 amide bonds. The van der Waals surface area contributed by atoms with Gasteiger partial charge in [0.05, 0.1) is 22.6 Å². The fourth-order valence-corrected chi connectivity index (χ4v) is 5.61. The summed E-state index contributed by atoms with van der Waals surface area (Å²) >= 11 is 0. The summed E-state index contributed by atoms with van der Waals surface area (Å²) in [5.74, 6) is 0.228. The summed E-state index contributed by atoms with van der Waals surface area (Å²) in [6.07, 6.45) is 0. The van der Waals surface area contributed by atoms with Gasteiger partial charge in [0.25, 0.3) is 11.6 Å². The first-order valence-corrected chi connectivity index (χ1v) is 12.7. The lowest BCUT2D eigenvalue weighted by atomic mass is 10.1. The Morgan fingerprint density at radius 2 is 1.64 bits per heavy atom. The Bertz CT molecular complexity index is 1380. The number of carbonyl (C=O) groups excluding carboxylic acids is 1. The third-order valence-corrected chi connectivity index (χ3v) is 8.07. The van der Waals surface area contributed by atoms with Gasteiger partial charge in [0.1, 0.15) is 5.75 Å². The van der Waals surface area contributed by atoms with Gasteiger partial charge < -0.3 is 15.0 Å². The average molecular weight is 511 g/mol. The molecule has 1 N–H and O–H groups in total. The number of nitrogens with one attached hydrogen (secondary N) is 1. The maximum Gasteiger partial charge on any atom is 0.273 e. The van der Waals surface area contributed by atoms with E-state index < -0.39 is 20.9 Å². The van der Waals surface area contributed by atoms with Gasteiger partial charge in [0.15, 0.2) is 0 Å². The molecule has 3 aromatic carbocycles. The van der Waals surface area contributed by atoms with Crippen LogP contribution in [0.5, 0.6) is 5.75 Å². The number of nitro benzene ring substituents is 1. The maximum absolute atomic E-state index is 13.2. The molecule has 0 aromatic heterocycles. The van der Waals surface area contributed by atoms with Gasteiger partial charge >= 0.3 is 0 Å². The number of hydrogen-bond donors (Lipinski definition) is 1. The standard InChI is InChI=1S/C25H26N4O6S/c1-18-21(6-5-8-22(18)29(31)32)25(30)26-19-10-12-20(13-11-19)36(33,34)28-16-14-27(15-17-28)23-7-3-4-9-24(23)35-2/h3-13H,14-17H2,1-2H3,(H,26,30). The summed E-state index contributed by atoms with van der Waals surface area (Å²) in [6.45, 7) is 3.21. The Balaban J connectivity index is 1.43. The molecule has 188 valence electrons. The number of amides is 1. The largest absolute Gasteiger partial charge is 0.495 e. The second-order valence-corrected chi connectivity index (χ2v) is 10.2. The van der Waals surface area contributed by atoms with Crippen LogP contribution in [0, 0.1) is 17.0 Å². The minimum absolute atomic E-state index is 0.123. The Kier molecular flexibility index (Phi) is 7.22. The van der Waals surface area contributed by atoms with E-state index >= 15 is 0 Å². The molecule has 1 fully saturated rings. The lowest BCUT2D eigenvalue weighted by Gasteiger charge is -2.35. The molecule has 0 atom stereocenters. The van der Waals surface area contributed by atoms with Crippen LogP contribution in [0.4, 0.5) is 17.1 Å². The van der Waals surface area contributed by atoms with E-state index in [1.54, 1.807) is 7.11 Å². The van der Waals surface area contributed by atoms with Crippen molar-refractivity contribution in [1.82, 2.24) is 4.31 Å². The van der Waals surface area contributed by atoms with E-state index in [0.717, 1.165) is 11.4 Å². The Hall–Kier alpha value is -3.96. The van der Waals surface area contributed by atoms with Crippen LogP contribution in [0.25, 0.3) is 0 Å². The molecule has 1 saturated heterocycles. The van der Waals surface area contributed by atoms with Gasteiger partial charge in [-0.2, -0.15) is 4.31 Å². The Labute approximate surface area is 209 Å². The van der Waals surface area contributed by atoms with Crippen molar-refractivity contribution in [3.05, 3.63) is 88.0 Å². The number of para-hydroxylation sites is 2. The lowest BCUT2D eigenvalue weighted by Crippen LogP contribution is -2.48. The fraction of sp³-hybridized carbons (Fsp3) is 0.240. The SMILES string of the molecule is COc1ccccc1N1CCN(S(=O)(=O)c2ccc(NC(=O)c3cccc([N+](=O)[O-])c3C)cc2)CC1. The van der Waals surface area contributed by atoms with E-state index in [1.165, 1.54) is 53.7 Å². The molecule has 0 saturated carbocycles. The number of anilines is 2. The van der Waals surface area contributed by atoms with Crippen molar-refractivity contribution in [3.63, 3.8) is 0 Å². The Morgan fingerprint density at radius 3 is 2.28 bits per heavy atom. The van der Waals surface area contributed by atoms with Crippen molar-refractivity contribution in [2.24, 2.45) is 0 Å². The van der Waals surface area contributed by atoms with Crippen molar-refractivity contribution in [1.29, 1.82) is 0 Å². The molecule has 36 heavy (non-hydrogen) atoms. The number of methoxy groups -OCH3 is 1. The molecule has 0 aliphatic carbocycles. The summed E-state index contributed by atoms with van der Waals surface area (Å²) in [7, 11) is -2.11. The summed E-state index contributed by atoms with van der Waals surface area (Å²) in [4.78, 5) is 25.5. The van der Waals surface area contributed by atoms with Gasteiger partial charge in [-0.3, -0.25) is 14.9 Å². The van der Waals surface area contributed by atoms with E-state index in [4.69, 9.17) is 4.74 Å². The van der Waals surface area contributed by atoms with Crippen LogP contribution in [0.2, 0.25) is 0 Å². The monoisotopic (exact) mass is 510 g/mol. The van der Waals surface area contributed by atoms with E-state index in [9.17, 15) is 23.3 Å². The summed E-state index contributed by atoms with van der Waals surface area (Å²) in [5.41, 5.74) is 1.59. The highest BCUT2D eigenvalue weighted by atomic mass is 32.2. The minimum atomic E-state index is -3.71. The van der Waals surface area contributed by atoms with Crippen molar-refractivity contribution >= 4 is 33.0 Å². The molecule has 0 unspecified atom stereocenters. The zero-order chi connectivity index (χ0) is 25.9. The van der Waals surface area contributed by atoms with Crippen LogP contribution in [0.1, 0.15) is 15.9 Å². The molecule has 3 aromatic rings. The number of rotatable bonds is 7. The predicted molar refractivity (Wildman–Crippen MR) is 136 cm³/mol. The minimum Gasteiger partial charge on any atom is -0.495 e. The number of ether oxygens (including phenoxy) is 1. The van der Waals surface area contributed by atoms with Gasteiger partial charge in [0.2, 0.25) is 10.0 Å². The van der Waals surface area contributed by atoms with Crippen molar-refractivity contribution < 1.29 is 22.9 Å². The molecule has 0 radical (unpaired) electrons. The quantitative estimate of drug-likeness (QED) is 0.380. The molecule has 4 rings (SSSR count). The molecule has 1 aliphatic heterocycles. The van der Waals surface area contributed by atoms with Crippen LogP contribution < -0.4 is 15.0 Å². The lowest BCUT2D eigenvalue weighted by molar-refractivity contribution is -0.385. The first kappa shape index (κ1) is 25.1. The number of piperazine rings is 1. The second-order valence-electron chi connectivity index (χ2n) is 8.25. The van der Waals surface area contributed by atoms with Crippen molar-refractivity contribution in [2.45, 2.75) is 11.8 Å². The number of hydrogen-bond acceptors (Lipinski definition) is 7. The summed E-state index contributed by atoms with van der Waals surface area (Å²) in [6, 6.07) is 17.8. The van der Waals surface area contributed by atoms with Crippen molar-refractivity contribution in [3.8, 4) is 5.75 Å². The third-order valence-electron chi connectivity index (χ3n) is 6.16. The molecule has 0 spiro atoms. The van der Waals surface area contributed by atoms with E-state index in [-0.39, 0.29) is 21.7 Å². The average Bonchev–Trinajstić information content (AvgIpc) is 2.89. The molecule has 1 heterocycles. The van der Waals surface area contributed by atoms with Crippen LogP contribution in [-0.2, 0) is 10.0 Å². The van der Waals surface area contributed by atoms with E-state index in [1.807, 2.05) is 24.3 Å². The van der Waals surface area contributed by atoms with Crippen LogP contribution in [0.3, 0.4) is 0 Å². The second kappa shape index (κ2) is 10.3. The summed E-state index contributed by atoms with van der Waals surface area (Å²) in [5, 5.41) is 13.8. The van der Waals surface area contributed by atoms with Crippen LogP contribution in [0.15, 0.2) is 71.6 Å². The zero-order valence-corrected chi connectivity index (χ0v) is 20.7. The highest BCUT2D eigenvalue weighted by Crippen LogP contribution is 2.29. The van der Waals surface area contributed by atoms with Gasteiger partial charge in [-0.05, 0) is 49.4 Å². The van der Waals surface area contributed by atoms with Gasteiger partial charge in [-0.1, -0.05) is 18.2 Å². The zero-order valence-electron chi connectivity index (χ0n) is 19.9. The molecule has 10 nitrogen and oxygen atoms in total. The van der Waals surface area contributed by atoms with Crippen LogP contribution in [-0.4, -0.2) is 56.8 Å². The van der Waals surface area contributed by atoms with E-state index in [2.05, 4.69) is 10.2 Å². The fourth-order valence-electron chi connectivity index (χ4n) is 4.19. The van der Waals surface area contributed by atoms with Gasteiger partial charge in [-0.25, -0.2) is 8.42 Å². The smallest absolute Gasteiger partial charge is 0.273 e. The number of nitrogens with zero attached hydrogens (tertiary/aromatic N) is 3. The molecule has 11 heteroatoms. The number of carbonyl (C=O) groups is 1. The van der Waals surface area contributed by atoms with Gasteiger partial charge in [0, 0.05) is 49.1 Å². The summed E-state index contributed by atoms with van der Waals surface area (Å²) < 4.78 is 33.2. The van der Waals surface area contributed by atoms with Gasteiger partial charge in [-0.15, -0.1) is 0 Å². The van der Waals surface area contributed by atoms with Crippen LogP contribution >= 0.6 is 0 Å². The molecular weight excluding hydrogens is 484 g/mol. The first-order chi connectivity index (χ1) is 17.2. The Morgan fingerprint density at radius 1 is 0.972 bits per heavy atom. The number of benzene rings is 3. The molecule has 0 bridgehead atoms. The molecule has 1 aliphatic rings. The third kappa shape index (κ3) is 5.02. The highest BCUT2D eigenvalue weighted by molar-refractivity contribution is 7.89. The maximum atomic E-state index is 13.2. The first-order valence-electron chi connectivity index (χ1n) is 11.3. The number of sulfonamides is 1. The topological polar surface area (TPSA) is 122 Å². The number of nitro groups is 1. The normalized spacial score (nSPS) is 14.3. The highest BCUT2D eigenvalue weighted by Gasteiger charge is 2.29. The predicted octanol–water partition coefficient (Wildman–Crippen LogP) is 3.68. The van der Waals surface area contributed by atoms with Crippen molar-refractivity contribution in [2.75, 3.05) is 43.5 Å². The molecular formula is C25H26N4O6S. The van der Waals surface area contributed by atoms with E-state index in [0.29, 0.717) is 31.9 Å².